The van der Waals surface area contributed by atoms with E-state index in [0.717, 1.165) is 6.07 Å². The zero-order chi connectivity index (χ0) is 18.1. The summed E-state index contributed by atoms with van der Waals surface area (Å²) in [5, 5.41) is 8.20. The van der Waals surface area contributed by atoms with Crippen molar-refractivity contribution >= 4 is 28.5 Å². The second kappa shape index (κ2) is 6.49. The summed E-state index contributed by atoms with van der Waals surface area (Å²) in [4.78, 5) is 24.2. The molecule has 26 heavy (non-hydrogen) atoms. The molecule has 9 heteroatoms. The van der Waals surface area contributed by atoms with Crippen LogP contribution in [0.25, 0.3) is 22.6 Å². The number of esters is 1. The molecule has 130 valence electrons. The van der Waals surface area contributed by atoms with Gasteiger partial charge in [0.15, 0.2) is 17.8 Å². The van der Waals surface area contributed by atoms with Gasteiger partial charge in [0, 0.05) is 11.1 Å². The van der Waals surface area contributed by atoms with Crippen LogP contribution in [0.1, 0.15) is 16.4 Å². The fourth-order valence-corrected chi connectivity index (χ4v) is 2.41. The van der Waals surface area contributed by atoms with Crippen LogP contribution in [0.2, 0.25) is 5.02 Å². The normalized spacial score (nSPS) is 11.0. The Bertz CT molecular complexity index is 1150. The number of carbonyl (C=O) groups is 1. The van der Waals surface area contributed by atoms with Crippen molar-refractivity contribution in [1.82, 2.24) is 10.2 Å². The maximum absolute atomic E-state index is 12.1. The van der Waals surface area contributed by atoms with Gasteiger partial charge in [0.25, 0.3) is 11.8 Å². The van der Waals surface area contributed by atoms with Crippen LogP contribution in [-0.2, 0) is 11.3 Å². The first-order chi connectivity index (χ1) is 12.6. The molecule has 0 bridgehead atoms. The highest BCUT2D eigenvalue weighted by atomic mass is 35.5. The Labute approximate surface area is 149 Å². The van der Waals surface area contributed by atoms with Crippen LogP contribution in [0, 0.1) is 0 Å². The standard InChI is InChI=1S/C17H9ClN2O6/c18-9-3-4-12-10(6-9)11(21)7-14(25-12)17(22)24-8-15-19-20-16(26-15)13-2-1-5-23-13/h1-7H,8H2. The first-order valence-corrected chi connectivity index (χ1v) is 7.75. The molecule has 0 atom stereocenters. The third-order valence-electron chi connectivity index (χ3n) is 3.42. The van der Waals surface area contributed by atoms with Crippen molar-refractivity contribution in [2.24, 2.45) is 0 Å². The van der Waals surface area contributed by atoms with Crippen molar-refractivity contribution in [3.63, 3.8) is 0 Å². The Kier molecular flexibility index (Phi) is 4.02. The first-order valence-electron chi connectivity index (χ1n) is 7.37. The van der Waals surface area contributed by atoms with E-state index in [9.17, 15) is 9.59 Å². The van der Waals surface area contributed by atoms with Gasteiger partial charge >= 0.3 is 5.97 Å². The Morgan fingerprint density at radius 3 is 2.85 bits per heavy atom. The monoisotopic (exact) mass is 372 g/mol. The van der Waals surface area contributed by atoms with Crippen LogP contribution in [0.3, 0.4) is 0 Å². The number of carbonyl (C=O) groups excluding carboxylic acids is 1. The smallest absolute Gasteiger partial charge is 0.374 e. The zero-order valence-corrected chi connectivity index (χ0v) is 13.7. The lowest BCUT2D eigenvalue weighted by molar-refractivity contribution is 0.0403. The number of hydrogen-bond donors (Lipinski definition) is 0. The summed E-state index contributed by atoms with van der Waals surface area (Å²) in [6.45, 7) is -0.283. The lowest BCUT2D eigenvalue weighted by Crippen LogP contribution is -2.10. The summed E-state index contributed by atoms with van der Waals surface area (Å²) in [5.74, 6) is -0.448. The number of hydrogen-bond acceptors (Lipinski definition) is 8. The average Bonchev–Trinajstić information content (AvgIpc) is 3.31. The quantitative estimate of drug-likeness (QED) is 0.501. The van der Waals surface area contributed by atoms with E-state index in [1.54, 1.807) is 18.2 Å². The SMILES string of the molecule is O=C(OCc1nnc(-c2ccco2)o1)c1cc(=O)c2cc(Cl)ccc2o1. The minimum atomic E-state index is -0.836. The highest BCUT2D eigenvalue weighted by Gasteiger charge is 2.17. The highest BCUT2D eigenvalue weighted by molar-refractivity contribution is 6.31. The molecule has 0 fully saturated rings. The zero-order valence-electron chi connectivity index (χ0n) is 13.0. The van der Waals surface area contributed by atoms with Gasteiger partial charge in [0.05, 0.1) is 11.6 Å². The molecule has 0 saturated heterocycles. The Hall–Kier alpha value is -3.39. The maximum atomic E-state index is 12.1. The molecule has 0 unspecified atom stereocenters. The van der Waals surface area contributed by atoms with Crippen molar-refractivity contribution in [2.75, 3.05) is 0 Å². The molecule has 0 aliphatic heterocycles. The summed E-state index contributed by atoms with van der Waals surface area (Å²) in [5.41, 5.74) is -0.176. The first kappa shape index (κ1) is 16.1. The lowest BCUT2D eigenvalue weighted by Gasteiger charge is -2.03. The molecule has 4 aromatic rings. The Morgan fingerprint density at radius 1 is 1.15 bits per heavy atom. The molecule has 0 saturated carbocycles. The predicted molar refractivity (Wildman–Crippen MR) is 88.6 cm³/mol. The highest BCUT2D eigenvalue weighted by Crippen LogP contribution is 2.20. The minimum Gasteiger partial charge on any atom is -0.459 e. The maximum Gasteiger partial charge on any atom is 0.374 e. The molecule has 0 N–H and O–H groups in total. The summed E-state index contributed by atoms with van der Waals surface area (Å²) in [6.07, 6.45) is 1.47. The molecule has 8 nitrogen and oxygen atoms in total. The molecule has 0 spiro atoms. The van der Waals surface area contributed by atoms with E-state index in [1.165, 1.54) is 18.4 Å². The van der Waals surface area contributed by atoms with E-state index < -0.39 is 11.4 Å². The van der Waals surface area contributed by atoms with E-state index in [0.29, 0.717) is 10.8 Å². The Balaban J connectivity index is 1.51. The van der Waals surface area contributed by atoms with E-state index in [2.05, 4.69) is 10.2 Å². The van der Waals surface area contributed by atoms with Gasteiger partial charge in [-0.25, -0.2) is 4.79 Å². The lowest BCUT2D eigenvalue weighted by atomic mass is 10.2. The van der Waals surface area contributed by atoms with Gasteiger partial charge in [-0.3, -0.25) is 4.79 Å². The molecular formula is C17H9ClN2O6. The van der Waals surface area contributed by atoms with Gasteiger partial charge in [0.1, 0.15) is 5.58 Å². The molecule has 3 aromatic heterocycles. The van der Waals surface area contributed by atoms with E-state index >= 15 is 0 Å². The molecule has 0 aliphatic carbocycles. The summed E-state index contributed by atoms with van der Waals surface area (Å²) in [6, 6.07) is 8.89. The molecule has 0 aliphatic rings. The predicted octanol–water partition coefficient (Wildman–Crippen LogP) is 3.45. The third-order valence-corrected chi connectivity index (χ3v) is 3.65. The molecule has 0 radical (unpaired) electrons. The van der Waals surface area contributed by atoms with Crippen LogP contribution >= 0.6 is 11.6 Å². The number of rotatable bonds is 4. The van der Waals surface area contributed by atoms with Gasteiger partial charge in [-0.1, -0.05) is 11.6 Å². The number of halogens is 1. The molecule has 3 heterocycles. The van der Waals surface area contributed by atoms with Crippen LogP contribution < -0.4 is 5.43 Å². The van der Waals surface area contributed by atoms with Crippen LogP contribution in [0.5, 0.6) is 0 Å². The molecule has 4 rings (SSSR count). The van der Waals surface area contributed by atoms with E-state index in [-0.39, 0.29) is 35.1 Å². The fraction of sp³-hybridized carbons (Fsp3) is 0.0588. The van der Waals surface area contributed by atoms with Crippen LogP contribution in [0.4, 0.5) is 0 Å². The number of aromatic nitrogens is 2. The topological polar surface area (TPSA) is 109 Å². The van der Waals surface area contributed by atoms with Crippen molar-refractivity contribution in [3.05, 3.63) is 69.6 Å². The average molecular weight is 373 g/mol. The van der Waals surface area contributed by atoms with Gasteiger partial charge in [-0.05, 0) is 30.3 Å². The minimum absolute atomic E-state index is 0.0691. The molecule has 0 amide bonds. The Morgan fingerprint density at radius 2 is 2.04 bits per heavy atom. The number of nitrogens with zero attached hydrogens (tertiary/aromatic N) is 2. The van der Waals surface area contributed by atoms with Crippen LogP contribution in [0.15, 0.2) is 60.7 Å². The number of fused-ring (bicyclic) bond motifs is 1. The fourth-order valence-electron chi connectivity index (χ4n) is 2.24. The van der Waals surface area contributed by atoms with Gasteiger partial charge in [-0.2, -0.15) is 0 Å². The molecule has 1 aromatic carbocycles. The molecular weight excluding hydrogens is 364 g/mol. The van der Waals surface area contributed by atoms with Gasteiger partial charge in [0.2, 0.25) is 5.76 Å². The number of ether oxygens (including phenoxy) is 1. The van der Waals surface area contributed by atoms with Gasteiger partial charge < -0.3 is 18.0 Å². The van der Waals surface area contributed by atoms with Gasteiger partial charge in [-0.15, -0.1) is 10.2 Å². The largest absolute Gasteiger partial charge is 0.459 e. The second-order valence-electron chi connectivity index (χ2n) is 5.17. The second-order valence-corrected chi connectivity index (χ2v) is 5.61. The van der Waals surface area contributed by atoms with E-state index in [4.69, 9.17) is 29.6 Å². The number of benzene rings is 1. The van der Waals surface area contributed by atoms with Crippen LogP contribution in [-0.4, -0.2) is 16.2 Å². The number of furan rings is 1. The summed E-state index contributed by atoms with van der Waals surface area (Å²) >= 11 is 5.85. The summed E-state index contributed by atoms with van der Waals surface area (Å²) in [7, 11) is 0. The van der Waals surface area contributed by atoms with Crippen molar-refractivity contribution in [1.29, 1.82) is 0 Å². The van der Waals surface area contributed by atoms with E-state index in [1.807, 2.05) is 0 Å². The van der Waals surface area contributed by atoms with Crippen molar-refractivity contribution in [2.45, 2.75) is 6.61 Å². The van der Waals surface area contributed by atoms with Crippen molar-refractivity contribution in [3.8, 4) is 11.7 Å². The summed E-state index contributed by atoms with van der Waals surface area (Å²) < 4.78 is 20.9. The van der Waals surface area contributed by atoms with Crippen molar-refractivity contribution < 1.29 is 22.8 Å². The third kappa shape index (κ3) is 3.09.